The van der Waals surface area contributed by atoms with Crippen molar-refractivity contribution in [2.75, 3.05) is 18.8 Å². The molecule has 0 bridgehead atoms. The van der Waals surface area contributed by atoms with Crippen LogP contribution in [0, 0.1) is 6.92 Å². The van der Waals surface area contributed by atoms with Crippen LogP contribution in [-0.4, -0.2) is 33.8 Å². The summed E-state index contributed by atoms with van der Waals surface area (Å²) in [6, 6.07) is 1.09. The van der Waals surface area contributed by atoms with Crippen LogP contribution in [0.15, 0.2) is 4.47 Å². The van der Waals surface area contributed by atoms with Crippen LogP contribution in [-0.2, 0) is 0 Å². The summed E-state index contributed by atoms with van der Waals surface area (Å²) in [7, 11) is 0. The van der Waals surface area contributed by atoms with Crippen LogP contribution >= 0.6 is 15.9 Å². The van der Waals surface area contributed by atoms with Crippen molar-refractivity contribution in [3.63, 3.8) is 0 Å². The lowest BCUT2D eigenvalue weighted by Crippen LogP contribution is -2.39. The number of hydrogen-bond donors (Lipinski definition) is 1. The Morgan fingerprint density at radius 1 is 1.35 bits per heavy atom. The minimum absolute atomic E-state index is 0.454. The Morgan fingerprint density at radius 2 is 1.94 bits per heavy atom. The molecule has 5 heteroatoms. The first kappa shape index (κ1) is 12.9. The van der Waals surface area contributed by atoms with Crippen LogP contribution in [0.3, 0.4) is 0 Å². The number of piperidine rings is 1. The number of hydrogen-bond acceptors (Lipinski definition) is 3. The fourth-order valence-electron chi connectivity index (χ4n) is 2.47. The Balaban J connectivity index is 2.08. The lowest BCUT2D eigenvalue weighted by Gasteiger charge is -2.34. The number of rotatable bonds is 2. The van der Waals surface area contributed by atoms with Gasteiger partial charge < -0.3 is 10.6 Å². The minimum Gasteiger partial charge on any atom is -0.383 e. The second kappa shape index (κ2) is 4.98. The van der Waals surface area contributed by atoms with Gasteiger partial charge in [-0.3, -0.25) is 0 Å². The summed E-state index contributed by atoms with van der Waals surface area (Å²) in [6.07, 6.45) is 2.27. The van der Waals surface area contributed by atoms with E-state index in [1.807, 2.05) is 11.6 Å². The van der Waals surface area contributed by atoms with Crippen LogP contribution in [0.4, 0.5) is 5.82 Å². The minimum atomic E-state index is 0.454. The highest BCUT2D eigenvalue weighted by Gasteiger charge is 2.24. The molecule has 0 saturated carbocycles. The Hall–Kier alpha value is -0.550. The summed E-state index contributed by atoms with van der Waals surface area (Å²) in [6.45, 7) is 8.77. The first-order valence-electron chi connectivity index (χ1n) is 6.24. The van der Waals surface area contributed by atoms with Gasteiger partial charge in [-0.25, -0.2) is 4.68 Å². The van der Waals surface area contributed by atoms with Crippen LogP contribution in [0.1, 0.15) is 38.4 Å². The molecule has 0 aliphatic carbocycles. The van der Waals surface area contributed by atoms with E-state index in [0.29, 0.717) is 12.1 Å². The summed E-state index contributed by atoms with van der Waals surface area (Å²) >= 11 is 3.48. The molecule has 2 N–H and O–H groups in total. The van der Waals surface area contributed by atoms with E-state index in [4.69, 9.17) is 5.73 Å². The molecule has 0 amide bonds. The third-order valence-electron chi connectivity index (χ3n) is 3.62. The Bertz CT molecular complexity index is 391. The van der Waals surface area contributed by atoms with E-state index in [9.17, 15) is 0 Å². The van der Waals surface area contributed by atoms with E-state index in [1.54, 1.807) is 0 Å². The molecule has 2 heterocycles. The van der Waals surface area contributed by atoms with Crippen LogP contribution < -0.4 is 5.73 Å². The van der Waals surface area contributed by atoms with Crippen LogP contribution in [0.2, 0.25) is 0 Å². The smallest absolute Gasteiger partial charge is 0.136 e. The first-order chi connectivity index (χ1) is 8.00. The van der Waals surface area contributed by atoms with Crippen LogP contribution in [0.25, 0.3) is 0 Å². The van der Waals surface area contributed by atoms with Crippen molar-refractivity contribution in [1.82, 2.24) is 14.7 Å². The zero-order chi connectivity index (χ0) is 12.6. The Morgan fingerprint density at radius 3 is 2.35 bits per heavy atom. The van der Waals surface area contributed by atoms with Crippen molar-refractivity contribution in [2.24, 2.45) is 0 Å². The topological polar surface area (TPSA) is 47.1 Å². The zero-order valence-electron chi connectivity index (χ0n) is 10.8. The van der Waals surface area contributed by atoms with Crippen molar-refractivity contribution in [1.29, 1.82) is 0 Å². The van der Waals surface area contributed by atoms with E-state index in [-0.39, 0.29) is 0 Å². The molecular formula is C12H21BrN4. The highest BCUT2D eigenvalue weighted by molar-refractivity contribution is 9.10. The van der Waals surface area contributed by atoms with E-state index >= 15 is 0 Å². The molecule has 96 valence electrons. The quantitative estimate of drug-likeness (QED) is 0.913. The number of aromatic nitrogens is 2. The van der Waals surface area contributed by atoms with Gasteiger partial charge in [-0.05, 0) is 49.5 Å². The molecule has 4 nitrogen and oxygen atoms in total. The summed E-state index contributed by atoms with van der Waals surface area (Å²) in [5.41, 5.74) is 7.05. The molecule has 0 aromatic carbocycles. The number of nitrogens with two attached hydrogens (primary N) is 1. The monoisotopic (exact) mass is 300 g/mol. The summed E-state index contributed by atoms with van der Waals surface area (Å²) in [5, 5.41) is 4.53. The van der Waals surface area contributed by atoms with Crippen molar-refractivity contribution in [3.05, 3.63) is 10.2 Å². The largest absolute Gasteiger partial charge is 0.383 e. The molecule has 1 aromatic rings. The predicted molar refractivity (Wildman–Crippen MR) is 74.1 cm³/mol. The maximum absolute atomic E-state index is 6.07. The van der Waals surface area contributed by atoms with Gasteiger partial charge in [0.2, 0.25) is 0 Å². The molecule has 1 fully saturated rings. The van der Waals surface area contributed by atoms with Gasteiger partial charge in [0.25, 0.3) is 0 Å². The van der Waals surface area contributed by atoms with Gasteiger partial charge in [0.15, 0.2) is 0 Å². The summed E-state index contributed by atoms with van der Waals surface area (Å²) < 4.78 is 2.95. The molecule has 1 saturated heterocycles. The second-order valence-electron chi connectivity index (χ2n) is 5.09. The van der Waals surface area contributed by atoms with E-state index in [1.165, 1.54) is 0 Å². The lowest BCUT2D eigenvalue weighted by molar-refractivity contribution is 0.148. The number of halogens is 1. The highest BCUT2D eigenvalue weighted by Crippen LogP contribution is 2.30. The fourth-order valence-corrected chi connectivity index (χ4v) is 2.73. The normalized spacial score (nSPS) is 19.1. The fraction of sp³-hybridized carbons (Fsp3) is 0.750. The van der Waals surface area contributed by atoms with Gasteiger partial charge in [-0.1, -0.05) is 0 Å². The molecule has 0 unspecified atom stereocenters. The number of nitrogens with zero attached hydrogens (tertiary/aromatic N) is 3. The number of aryl methyl sites for hydroxylation is 1. The third kappa shape index (κ3) is 2.50. The maximum Gasteiger partial charge on any atom is 0.136 e. The Kier molecular flexibility index (Phi) is 3.78. The molecule has 1 aliphatic heterocycles. The van der Waals surface area contributed by atoms with E-state index < -0.39 is 0 Å². The molecule has 1 aliphatic rings. The lowest BCUT2D eigenvalue weighted by atomic mass is 10.0. The number of nitrogen functional groups attached to an aromatic ring is 1. The molecular weight excluding hydrogens is 280 g/mol. The third-order valence-corrected chi connectivity index (χ3v) is 4.60. The highest BCUT2D eigenvalue weighted by atomic mass is 79.9. The van der Waals surface area contributed by atoms with E-state index in [2.05, 4.69) is 39.8 Å². The standard InChI is InChI=1S/C12H21BrN4/c1-8(2)16-6-4-10(5-7-16)17-12(14)11(13)9(3)15-17/h8,10H,4-7,14H2,1-3H3. The first-order valence-corrected chi connectivity index (χ1v) is 7.04. The predicted octanol–water partition coefficient (Wildman–Crippen LogP) is 2.58. The van der Waals surface area contributed by atoms with Gasteiger partial charge in [-0.15, -0.1) is 0 Å². The van der Waals surface area contributed by atoms with Gasteiger partial charge in [-0.2, -0.15) is 5.10 Å². The molecule has 1 aromatic heterocycles. The van der Waals surface area contributed by atoms with Crippen molar-refractivity contribution in [2.45, 2.75) is 45.7 Å². The summed E-state index contributed by atoms with van der Waals surface area (Å²) in [4.78, 5) is 2.51. The average Bonchev–Trinajstić information content (AvgIpc) is 2.57. The van der Waals surface area contributed by atoms with Crippen LogP contribution in [0.5, 0.6) is 0 Å². The second-order valence-corrected chi connectivity index (χ2v) is 5.88. The SMILES string of the molecule is Cc1nn(C2CCN(C(C)C)CC2)c(N)c1Br. The average molecular weight is 301 g/mol. The van der Waals surface area contributed by atoms with Crippen molar-refractivity contribution >= 4 is 21.7 Å². The van der Waals surface area contributed by atoms with E-state index in [0.717, 1.165) is 41.9 Å². The molecule has 0 spiro atoms. The molecule has 17 heavy (non-hydrogen) atoms. The van der Waals surface area contributed by atoms with Crippen molar-refractivity contribution in [3.8, 4) is 0 Å². The number of anilines is 1. The summed E-state index contributed by atoms with van der Waals surface area (Å²) in [5.74, 6) is 0.769. The van der Waals surface area contributed by atoms with Gasteiger partial charge >= 0.3 is 0 Å². The maximum atomic E-state index is 6.07. The molecule has 0 atom stereocenters. The Labute approximate surface area is 111 Å². The van der Waals surface area contributed by atoms with Crippen molar-refractivity contribution < 1.29 is 0 Å². The molecule has 2 rings (SSSR count). The van der Waals surface area contributed by atoms with Gasteiger partial charge in [0.05, 0.1) is 16.2 Å². The van der Waals surface area contributed by atoms with Gasteiger partial charge in [0.1, 0.15) is 5.82 Å². The number of likely N-dealkylation sites (tertiary alicyclic amines) is 1. The zero-order valence-corrected chi connectivity index (χ0v) is 12.4. The molecule has 0 radical (unpaired) electrons. The van der Waals surface area contributed by atoms with Gasteiger partial charge in [0, 0.05) is 19.1 Å².